The smallest absolute Gasteiger partial charge is 0.204 e. The third kappa shape index (κ3) is 1.27. The second kappa shape index (κ2) is 2.88. The van der Waals surface area contributed by atoms with Crippen molar-refractivity contribution in [3.05, 3.63) is 29.8 Å². The van der Waals surface area contributed by atoms with Gasteiger partial charge in [-0.1, -0.05) is 24.3 Å². The van der Waals surface area contributed by atoms with Gasteiger partial charge in [0, 0.05) is 18.2 Å². The molecule has 0 radical (unpaired) electrons. The Kier molecular flexibility index (Phi) is 1.57. The van der Waals surface area contributed by atoms with Gasteiger partial charge in [-0.3, -0.25) is 0 Å². The molecule has 14 heavy (non-hydrogen) atoms. The first-order valence-electron chi connectivity index (χ1n) is 4.50. The van der Waals surface area contributed by atoms with Crippen molar-refractivity contribution >= 4 is 0 Å². The normalized spacial score (nSPS) is 19.6. The van der Waals surface area contributed by atoms with Crippen molar-refractivity contribution < 1.29 is 0 Å². The van der Waals surface area contributed by atoms with Gasteiger partial charge in [0.25, 0.3) is 0 Å². The molecule has 70 valence electrons. The van der Waals surface area contributed by atoms with Gasteiger partial charge >= 0.3 is 0 Å². The molecule has 1 aromatic carbocycles. The Balaban J connectivity index is 1.93. The van der Waals surface area contributed by atoms with E-state index in [0.717, 1.165) is 12.1 Å². The average Bonchev–Trinajstić information content (AvgIpc) is 2.94. The molecule has 2 N–H and O–H groups in total. The zero-order valence-corrected chi connectivity index (χ0v) is 7.44. The van der Waals surface area contributed by atoms with E-state index in [0.29, 0.717) is 11.9 Å². The number of nitrogens with zero attached hydrogens (tertiary/aromatic N) is 3. The summed E-state index contributed by atoms with van der Waals surface area (Å²) in [6.07, 6.45) is 0. The van der Waals surface area contributed by atoms with Gasteiger partial charge in [-0.25, -0.2) is 0 Å². The van der Waals surface area contributed by atoms with Gasteiger partial charge in [0.05, 0.1) is 0 Å². The van der Waals surface area contributed by atoms with E-state index in [1.807, 2.05) is 12.1 Å². The minimum absolute atomic E-state index is 0.550. The maximum atomic E-state index is 3.91. The van der Waals surface area contributed by atoms with Crippen LogP contribution in [0.1, 0.15) is 11.6 Å². The maximum Gasteiger partial charge on any atom is 0.204 e. The molecule has 0 bridgehead atoms. The van der Waals surface area contributed by atoms with E-state index in [1.54, 1.807) is 0 Å². The topological polar surface area (TPSA) is 76.4 Å². The minimum atomic E-state index is 0.550. The van der Waals surface area contributed by atoms with Crippen LogP contribution in [0.3, 0.4) is 0 Å². The summed E-state index contributed by atoms with van der Waals surface area (Å²) >= 11 is 0. The highest BCUT2D eigenvalue weighted by Crippen LogP contribution is 2.23. The molecule has 1 saturated heterocycles. The van der Waals surface area contributed by atoms with E-state index >= 15 is 0 Å². The van der Waals surface area contributed by atoms with E-state index < -0.39 is 0 Å². The SMILES string of the molecule is c1cc([C@H]2CN2)ccc1-c1nn[nH]n1. The first-order chi connectivity index (χ1) is 6.93. The number of nitrogens with one attached hydrogen (secondary N) is 2. The molecule has 1 aliphatic heterocycles. The van der Waals surface area contributed by atoms with Gasteiger partial charge in [0.15, 0.2) is 0 Å². The highest BCUT2D eigenvalue weighted by molar-refractivity contribution is 5.54. The summed E-state index contributed by atoms with van der Waals surface area (Å²) in [6.45, 7) is 1.08. The van der Waals surface area contributed by atoms with Crippen molar-refractivity contribution in [1.82, 2.24) is 25.9 Å². The molecule has 1 aliphatic rings. The molecule has 0 saturated carbocycles. The van der Waals surface area contributed by atoms with Crippen molar-refractivity contribution in [3.63, 3.8) is 0 Å². The third-order valence-corrected chi connectivity index (χ3v) is 2.32. The predicted octanol–water partition coefficient (Wildman–Crippen LogP) is 0.511. The lowest BCUT2D eigenvalue weighted by molar-refractivity contribution is 0.881. The second-order valence-electron chi connectivity index (χ2n) is 3.32. The van der Waals surface area contributed by atoms with Crippen LogP contribution in [0.5, 0.6) is 0 Å². The molecule has 0 amide bonds. The first kappa shape index (κ1) is 7.64. The van der Waals surface area contributed by atoms with Gasteiger partial charge in [0.1, 0.15) is 0 Å². The van der Waals surface area contributed by atoms with E-state index in [4.69, 9.17) is 0 Å². The summed E-state index contributed by atoms with van der Waals surface area (Å²) in [6, 6.07) is 8.77. The van der Waals surface area contributed by atoms with Crippen LogP contribution in [0.25, 0.3) is 11.4 Å². The Hall–Kier alpha value is -1.75. The van der Waals surface area contributed by atoms with Crippen molar-refractivity contribution in [2.24, 2.45) is 0 Å². The van der Waals surface area contributed by atoms with Gasteiger partial charge in [-0.05, 0) is 10.8 Å². The molecule has 0 aliphatic carbocycles. The van der Waals surface area contributed by atoms with E-state index in [1.165, 1.54) is 5.56 Å². The van der Waals surface area contributed by atoms with Crippen molar-refractivity contribution in [1.29, 1.82) is 0 Å². The molecule has 1 aromatic heterocycles. The molecule has 5 nitrogen and oxygen atoms in total. The Bertz CT molecular complexity index is 415. The first-order valence-corrected chi connectivity index (χ1v) is 4.50. The number of hydrogen-bond acceptors (Lipinski definition) is 4. The number of aromatic amines is 1. The molecule has 5 heteroatoms. The fraction of sp³-hybridized carbons (Fsp3) is 0.222. The van der Waals surface area contributed by atoms with E-state index in [2.05, 4.69) is 38.1 Å². The Morgan fingerprint density at radius 2 is 2.00 bits per heavy atom. The predicted molar refractivity (Wildman–Crippen MR) is 50.4 cm³/mol. The number of H-pyrrole nitrogens is 1. The fourth-order valence-corrected chi connectivity index (χ4v) is 1.44. The number of hydrogen-bond donors (Lipinski definition) is 2. The third-order valence-electron chi connectivity index (χ3n) is 2.32. The molecule has 1 atom stereocenters. The Morgan fingerprint density at radius 3 is 2.57 bits per heavy atom. The summed E-state index contributed by atoms with van der Waals surface area (Å²) in [4.78, 5) is 0. The molecule has 2 aromatic rings. The molecular weight excluding hydrogens is 178 g/mol. The average molecular weight is 187 g/mol. The monoisotopic (exact) mass is 187 g/mol. The quantitative estimate of drug-likeness (QED) is 0.671. The molecule has 0 unspecified atom stereocenters. The van der Waals surface area contributed by atoms with E-state index in [9.17, 15) is 0 Å². The summed E-state index contributed by atoms with van der Waals surface area (Å²) in [5.41, 5.74) is 2.31. The Morgan fingerprint density at radius 1 is 1.21 bits per heavy atom. The standard InChI is InChI=1S/C9H9N5/c1-3-7(9-11-13-14-12-9)4-2-6(1)8-5-10-8/h1-4,8,10H,5H2,(H,11,12,13,14)/t8-/m1/s1. The lowest BCUT2D eigenvalue weighted by Crippen LogP contribution is -1.85. The van der Waals surface area contributed by atoms with Gasteiger partial charge in [-0.15, -0.1) is 10.2 Å². The summed E-state index contributed by atoms with van der Waals surface area (Å²) in [7, 11) is 0. The van der Waals surface area contributed by atoms with Gasteiger partial charge in [0.2, 0.25) is 5.82 Å². The zero-order valence-electron chi connectivity index (χ0n) is 7.44. The largest absolute Gasteiger partial charge is 0.307 e. The van der Waals surface area contributed by atoms with Gasteiger partial charge < -0.3 is 5.32 Å². The van der Waals surface area contributed by atoms with Crippen molar-refractivity contribution in [3.8, 4) is 11.4 Å². The molecule has 0 spiro atoms. The van der Waals surface area contributed by atoms with E-state index in [-0.39, 0.29) is 0 Å². The van der Waals surface area contributed by atoms with Crippen LogP contribution < -0.4 is 5.32 Å². The number of tetrazole rings is 1. The van der Waals surface area contributed by atoms with Crippen LogP contribution in [0.4, 0.5) is 0 Å². The summed E-state index contributed by atoms with van der Waals surface area (Å²) < 4.78 is 0. The van der Waals surface area contributed by atoms with Crippen LogP contribution in [0.2, 0.25) is 0 Å². The van der Waals surface area contributed by atoms with Gasteiger partial charge in [-0.2, -0.15) is 5.21 Å². The van der Waals surface area contributed by atoms with Crippen LogP contribution in [0.15, 0.2) is 24.3 Å². The molecule has 1 fully saturated rings. The summed E-state index contributed by atoms with van der Waals surface area (Å²) in [5.74, 6) is 0.639. The zero-order chi connectivity index (χ0) is 9.38. The Labute approximate surface area is 80.5 Å². The highest BCUT2D eigenvalue weighted by atomic mass is 15.5. The fourth-order valence-electron chi connectivity index (χ4n) is 1.44. The van der Waals surface area contributed by atoms with Crippen molar-refractivity contribution in [2.45, 2.75) is 6.04 Å². The van der Waals surface area contributed by atoms with Crippen molar-refractivity contribution in [2.75, 3.05) is 6.54 Å². The molecule has 2 heterocycles. The van der Waals surface area contributed by atoms with Crippen LogP contribution >= 0.6 is 0 Å². The summed E-state index contributed by atoms with van der Waals surface area (Å²) in [5, 5.41) is 17.0. The lowest BCUT2D eigenvalue weighted by atomic mass is 10.1. The van der Waals surface area contributed by atoms with Crippen LogP contribution in [0, 0.1) is 0 Å². The minimum Gasteiger partial charge on any atom is -0.307 e. The number of rotatable bonds is 2. The molecule has 3 rings (SSSR count). The number of aromatic nitrogens is 4. The number of benzene rings is 1. The van der Waals surface area contributed by atoms with Crippen LogP contribution in [-0.4, -0.2) is 27.2 Å². The molecular formula is C9H9N5. The van der Waals surface area contributed by atoms with Crippen LogP contribution in [-0.2, 0) is 0 Å². The highest BCUT2D eigenvalue weighted by Gasteiger charge is 2.21. The maximum absolute atomic E-state index is 3.91. The second-order valence-corrected chi connectivity index (χ2v) is 3.32. The lowest BCUT2D eigenvalue weighted by Gasteiger charge is -1.97.